The quantitative estimate of drug-likeness (QED) is 0.844. The van der Waals surface area contributed by atoms with Gasteiger partial charge in [0.2, 0.25) is 6.10 Å². The number of benzene rings is 1. The van der Waals surface area contributed by atoms with Crippen molar-refractivity contribution < 1.29 is 14.3 Å². The topological polar surface area (TPSA) is 47.6 Å². The number of nitrogens with one attached hydrogen (secondary N) is 1. The third-order valence-corrected chi connectivity index (χ3v) is 4.00. The summed E-state index contributed by atoms with van der Waals surface area (Å²) in [7, 11) is 0. The Kier molecular flexibility index (Phi) is 4.09. The first-order valence-electron chi connectivity index (χ1n) is 7.52. The van der Waals surface area contributed by atoms with E-state index in [4.69, 9.17) is 9.47 Å². The number of carbonyl (C=O) groups excluding carboxylic acids is 1. The van der Waals surface area contributed by atoms with Crippen molar-refractivity contribution in [2.75, 3.05) is 6.61 Å². The number of amides is 1. The maximum Gasteiger partial charge on any atom is 0.264 e. The van der Waals surface area contributed by atoms with Crippen LogP contribution in [0.25, 0.3) is 0 Å². The monoisotopic (exact) mass is 275 g/mol. The minimum Gasteiger partial charge on any atom is -0.485 e. The minimum absolute atomic E-state index is 0.0496. The van der Waals surface area contributed by atoms with E-state index in [0.717, 1.165) is 12.8 Å². The zero-order valence-corrected chi connectivity index (χ0v) is 11.6. The molecule has 4 nitrogen and oxygen atoms in total. The summed E-state index contributed by atoms with van der Waals surface area (Å²) in [6.45, 7) is 0.287. The van der Waals surface area contributed by atoms with Crippen LogP contribution in [-0.2, 0) is 4.79 Å². The average molecular weight is 275 g/mol. The van der Waals surface area contributed by atoms with Gasteiger partial charge < -0.3 is 14.8 Å². The van der Waals surface area contributed by atoms with E-state index in [9.17, 15) is 4.79 Å². The summed E-state index contributed by atoms with van der Waals surface area (Å²) in [5, 5.41) is 3.12. The Balaban J connectivity index is 1.58. The predicted molar refractivity (Wildman–Crippen MR) is 76.0 cm³/mol. The van der Waals surface area contributed by atoms with E-state index in [1.807, 2.05) is 24.3 Å². The Morgan fingerprint density at radius 1 is 1.05 bits per heavy atom. The van der Waals surface area contributed by atoms with E-state index < -0.39 is 6.10 Å². The lowest BCUT2D eigenvalue weighted by atomic mass is 10.1. The van der Waals surface area contributed by atoms with E-state index in [-0.39, 0.29) is 12.5 Å². The van der Waals surface area contributed by atoms with Crippen LogP contribution in [0.1, 0.15) is 38.5 Å². The third kappa shape index (κ3) is 3.06. The number of hydrogen-bond donors (Lipinski definition) is 1. The maximum absolute atomic E-state index is 12.3. The van der Waals surface area contributed by atoms with Gasteiger partial charge in [0.25, 0.3) is 5.91 Å². The number of para-hydroxylation sites is 2. The molecule has 1 heterocycles. The van der Waals surface area contributed by atoms with Gasteiger partial charge in [0.1, 0.15) is 6.61 Å². The first-order valence-corrected chi connectivity index (χ1v) is 7.52. The number of fused-ring (bicyclic) bond motifs is 1. The Morgan fingerprint density at radius 3 is 2.50 bits per heavy atom. The molecule has 0 spiro atoms. The summed E-state index contributed by atoms with van der Waals surface area (Å²) in [6, 6.07) is 7.77. The zero-order valence-electron chi connectivity index (χ0n) is 11.6. The van der Waals surface area contributed by atoms with Crippen molar-refractivity contribution in [3.8, 4) is 11.5 Å². The fourth-order valence-electron chi connectivity index (χ4n) is 2.87. The molecule has 1 unspecified atom stereocenters. The van der Waals surface area contributed by atoms with Crippen LogP contribution in [0.2, 0.25) is 0 Å². The lowest BCUT2D eigenvalue weighted by Crippen LogP contribution is -2.47. The number of rotatable bonds is 2. The van der Waals surface area contributed by atoms with Crippen LogP contribution in [0.5, 0.6) is 11.5 Å². The van der Waals surface area contributed by atoms with Gasteiger partial charge in [-0.3, -0.25) is 4.79 Å². The smallest absolute Gasteiger partial charge is 0.264 e. The molecule has 1 aliphatic carbocycles. The molecule has 4 heteroatoms. The summed E-state index contributed by atoms with van der Waals surface area (Å²) in [6.07, 6.45) is 6.59. The molecule has 1 N–H and O–H groups in total. The summed E-state index contributed by atoms with van der Waals surface area (Å²) in [5.41, 5.74) is 0. The minimum atomic E-state index is -0.534. The molecule has 1 aliphatic heterocycles. The molecular weight excluding hydrogens is 254 g/mol. The molecule has 1 amide bonds. The summed E-state index contributed by atoms with van der Waals surface area (Å²) in [4.78, 5) is 12.3. The molecule has 3 rings (SSSR count). The van der Waals surface area contributed by atoms with E-state index in [0.29, 0.717) is 17.5 Å². The number of ether oxygens (including phenoxy) is 2. The molecule has 1 atom stereocenters. The van der Waals surface area contributed by atoms with Gasteiger partial charge in [-0.15, -0.1) is 0 Å². The highest BCUT2D eigenvalue weighted by atomic mass is 16.6. The van der Waals surface area contributed by atoms with Crippen molar-refractivity contribution >= 4 is 5.91 Å². The molecular formula is C16H21NO3. The van der Waals surface area contributed by atoms with Crippen LogP contribution >= 0.6 is 0 Å². The van der Waals surface area contributed by atoms with Crippen LogP contribution in [0.15, 0.2) is 24.3 Å². The first kappa shape index (κ1) is 13.3. The highest BCUT2D eigenvalue weighted by Crippen LogP contribution is 2.31. The van der Waals surface area contributed by atoms with Gasteiger partial charge in [0, 0.05) is 6.04 Å². The molecule has 0 aromatic heterocycles. The SMILES string of the molecule is O=C(NC1CCCCCC1)C1COc2ccccc2O1. The third-order valence-electron chi connectivity index (χ3n) is 4.00. The molecule has 1 aromatic rings. The Hall–Kier alpha value is -1.71. The average Bonchev–Trinajstić information content (AvgIpc) is 2.75. The Morgan fingerprint density at radius 2 is 1.75 bits per heavy atom. The molecule has 20 heavy (non-hydrogen) atoms. The highest BCUT2D eigenvalue weighted by molar-refractivity contribution is 5.82. The van der Waals surface area contributed by atoms with Crippen LogP contribution in [0.3, 0.4) is 0 Å². The Bertz CT molecular complexity index is 467. The van der Waals surface area contributed by atoms with E-state index >= 15 is 0 Å². The molecule has 1 fully saturated rings. The standard InChI is InChI=1S/C16H21NO3/c18-16(17-12-7-3-1-2-4-8-12)15-11-19-13-9-5-6-10-14(13)20-15/h5-6,9-10,12,15H,1-4,7-8,11H2,(H,17,18). The second-order valence-corrected chi connectivity index (χ2v) is 5.56. The Labute approximate surface area is 119 Å². The lowest BCUT2D eigenvalue weighted by molar-refractivity contribution is -0.131. The molecule has 1 aromatic carbocycles. The second kappa shape index (κ2) is 6.16. The van der Waals surface area contributed by atoms with Gasteiger partial charge >= 0.3 is 0 Å². The molecule has 0 bridgehead atoms. The van der Waals surface area contributed by atoms with E-state index in [1.54, 1.807) is 0 Å². The van der Waals surface area contributed by atoms with E-state index in [1.165, 1.54) is 25.7 Å². The van der Waals surface area contributed by atoms with Gasteiger partial charge in [-0.25, -0.2) is 0 Å². The van der Waals surface area contributed by atoms with Crippen molar-refractivity contribution in [1.29, 1.82) is 0 Å². The molecule has 108 valence electrons. The van der Waals surface area contributed by atoms with Gasteiger partial charge in [-0.2, -0.15) is 0 Å². The fraction of sp³-hybridized carbons (Fsp3) is 0.562. The lowest BCUT2D eigenvalue weighted by Gasteiger charge is -2.27. The zero-order chi connectivity index (χ0) is 13.8. The summed E-state index contributed by atoms with van der Waals surface area (Å²) in [5.74, 6) is 1.32. The van der Waals surface area contributed by atoms with Crippen LogP contribution in [-0.4, -0.2) is 24.7 Å². The first-order chi connectivity index (χ1) is 9.83. The normalized spacial score (nSPS) is 22.9. The molecule has 0 saturated heterocycles. The predicted octanol–water partition coefficient (Wildman–Crippen LogP) is 2.67. The summed E-state index contributed by atoms with van der Waals surface area (Å²) >= 11 is 0. The second-order valence-electron chi connectivity index (χ2n) is 5.56. The highest BCUT2D eigenvalue weighted by Gasteiger charge is 2.28. The van der Waals surface area contributed by atoms with Crippen LogP contribution in [0, 0.1) is 0 Å². The van der Waals surface area contributed by atoms with Crippen molar-refractivity contribution in [2.45, 2.75) is 50.7 Å². The molecule has 2 aliphatic rings. The molecule has 0 radical (unpaired) electrons. The van der Waals surface area contributed by atoms with Crippen molar-refractivity contribution in [2.24, 2.45) is 0 Å². The fourth-order valence-corrected chi connectivity index (χ4v) is 2.87. The number of hydrogen-bond acceptors (Lipinski definition) is 3. The number of carbonyl (C=O) groups is 1. The van der Waals surface area contributed by atoms with Gasteiger partial charge in [-0.05, 0) is 25.0 Å². The van der Waals surface area contributed by atoms with Gasteiger partial charge in [-0.1, -0.05) is 37.8 Å². The van der Waals surface area contributed by atoms with Crippen molar-refractivity contribution in [3.63, 3.8) is 0 Å². The van der Waals surface area contributed by atoms with Crippen molar-refractivity contribution in [3.05, 3.63) is 24.3 Å². The summed E-state index contributed by atoms with van der Waals surface area (Å²) < 4.78 is 11.3. The van der Waals surface area contributed by atoms with Gasteiger partial charge in [0.15, 0.2) is 11.5 Å². The maximum atomic E-state index is 12.3. The van der Waals surface area contributed by atoms with Gasteiger partial charge in [0.05, 0.1) is 0 Å². The molecule has 1 saturated carbocycles. The van der Waals surface area contributed by atoms with E-state index in [2.05, 4.69) is 5.32 Å². The van der Waals surface area contributed by atoms with Crippen LogP contribution < -0.4 is 14.8 Å². The van der Waals surface area contributed by atoms with Crippen molar-refractivity contribution in [1.82, 2.24) is 5.32 Å². The largest absolute Gasteiger partial charge is 0.485 e. The van der Waals surface area contributed by atoms with Crippen LogP contribution in [0.4, 0.5) is 0 Å².